The van der Waals surface area contributed by atoms with Gasteiger partial charge < -0.3 is 14.5 Å². The molecule has 2 N–H and O–H groups in total. The van der Waals surface area contributed by atoms with Gasteiger partial charge in [-0.1, -0.05) is 0 Å². The first-order valence-electron chi connectivity index (χ1n) is 8.96. The summed E-state index contributed by atoms with van der Waals surface area (Å²) in [4.78, 5) is 24.4. The van der Waals surface area contributed by atoms with E-state index in [1.165, 1.54) is 0 Å². The van der Waals surface area contributed by atoms with E-state index in [1.54, 1.807) is 47.3 Å². The number of hydrogen-bond donors (Lipinski definition) is 2. The number of furan rings is 1. The first kappa shape index (κ1) is 19.3. The monoisotopic (exact) mass is 381 g/mol. The molecule has 0 aliphatic rings. The zero-order chi connectivity index (χ0) is 20.1. The van der Waals surface area contributed by atoms with Crippen LogP contribution in [0.4, 0.5) is 0 Å². The molecule has 0 saturated heterocycles. The maximum absolute atomic E-state index is 12.4. The van der Waals surface area contributed by atoms with Crippen molar-refractivity contribution in [1.82, 2.24) is 9.99 Å². The van der Waals surface area contributed by atoms with Gasteiger partial charge in [-0.25, -0.2) is 0 Å². The number of benzene rings is 1. The molecule has 0 aliphatic heterocycles. The number of nitrogens with zero attached hydrogens (tertiary/aromatic N) is 1. The van der Waals surface area contributed by atoms with E-state index < -0.39 is 0 Å². The van der Waals surface area contributed by atoms with Gasteiger partial charge in [0, 0.05) is 17.0 Å². The van der Waals surface area contributed by atoms with Crippen molar-refractivity contribution in [2.75, 3.05) is 12.0 Å². The van der Waals surface area contributed by atoms with Crippen LogP contribution in [0, 0.1) is 13.8 Å². The second-order valence-corrected chi connectivity index (χ2v) is 6.51. The summed E-state index contributed by atoms with van der Waals surface area (Å²) in [5.74, 6) is 0.700. The van der Waals surface area contributed by atoms with Crippen molar-refractivity contribution in [3.63, 3.8) is 0 Å². The third kappa shape index (κ3) is 4.62. The van der Waals surface area contributed by atoms with Crippen LogP contribution in [0.15, 0.2) is 59.2 Å². The van der Waals surface area contributed by atoms with Crippen LogP contribution in [0.25, 0.3) is 0 Å². The molecule has 3 rings (SSSR count). The molecule has 3 aromatic rings. The number of aryl methyl sites for hydroxylation is 2. The van der Waals surface area contributed by atoms with Crippen molar-refractivity contribution < 1.29 is 18.7 Å². The van der Waals surface area contributed by atoms with E-state index in [2.05, 4.69) is 10.7 Å². The maximum atomic E-state index is 12.4. The van der Waals surface area contributed by atoms with E-state index in [1.807, 2.05) is 32.9 Å². The lowest BCUT2D eigenvalue weighted by molar-refractivity contribution is -0.123. The molecule has 2 amide bonds. The van der Waals surface area contributed by atoms with E-state index in [-0.39, 0.29) is 24.5 Å². The lowest BCUT2D eigenvalue weighted by atomic mass is 10.2. The molecule has 0 fully saturated rings. The summed E-state index contributed by atoms with van der Waals surface area (Å²) >= 11 is 0. The van der Waals surface area contributed by atoms with E-state index in [4.69, 9.17) is 9.15 Å². The largest absolute Gasteiger partial charge is 0.484 e. The fourth-order valence-electron chi connectivity index (χ4n) is 2.75. The van der Waals surface area contributed by atoms with Crippen molar-refractivity contribution in [3.05, 3.63) is 77.5 Å². The maximum Gasteiger partial charge on any atom is 0.270 e. The minimum Gasteiger partial charge on any atom is -0.484 e. The van der Waals surface area contributed by atoms with Gasteiger partial charge in [-0.15, -0.1) is 0 Å². The number of rotatable bonds is 7. The van der Waals surface area contributed by atoms with E-state index in [0.29, 0.717) is 17.1 Å². The molecule has 0 unspecified atom stereocenters. The fraction of sp³-hybridized carbons (Fsp3) is 0.238. The van der Waals surface area contributed by atoms with Gasteiger partial charge in [-0.05, 0) is 69.3 Å². The van der Waals surface area contributed by atoms with Crippen LogP contribution in [-0.2, 0) is 4.79 Å². The third-order valence-electron chi connectivity index (χ3n) is 4.32. The topological polar surface area (TPSA) is 85.5 Å². The molecule has 2 aromatic heterocycles. The van der Waals surface area contributed by atoms with Gasteiger partial charge in [0.05, 0.1) is 12.3 Å². The highest BCUT2D eigenvalue weighted by Crippen LogP contribution is 2.14. The van der Waals surface area contributed by atoms with Gasteiger partial charge >= 0.3 is 0 Å². The van der Waals surface area contributed by atoms with Gasteiger partial charge in [0.15, 0.2) is 6.61 Å². The molecule has 0 radical (unpaired) electrons. The molecule has 7 nitrogen and oxygen atoms in total. The van der Waals surface area contributed by atoms with E-state index in [9.17, 15) is 9.59 Å². The zero-order valence-electron chi connectivity index (χ0n) is 16.1. The van der Waals surface area contributed by atoms with Crippen LogP contribution >= 0.6 is 0 Å². The smallest absolute Gasteiger partial charge is 0.270 e. The standard InChI is InChI=1S/C21H23N3O4/c1-14-6-7-15(2)24(14)23-21(26)17-8-10-18(11-9-17)28-13-20(25)22-16(3)19-5-4-12-27-19/h4-12,16H,13H2,1-3H3,(H,22,25)(H,23,26)/t16-/m1/s1. The molecule has 28 heavy (non-hydrogen) atoms. The Balaban J connectivity index is 1.51. The molecule has 7 heteroatoms. The third-order valence-corrected chi connectivity index (χ3v) is 4.32. The predicted molar refractivity (Wildman–Crippen MR) is 105 cm³/mol. The predicted octanol–water partition coefficient (Wildman–Crippen LogP) is 3.34. The SMILES string of the molecule is Cc1ccc(C)n1NC(=O)c1ccc(OCC(=O)N[C@H](C)c2ccco2)cc1. The summed E-state index contributed by atoms with van der Waals surface area (Å²) in [7, 11) is 0. The number of amides is 2. The van der Waals surface area contributed by atoms with Crippen LogP contribution < -0.4 is 15.5 Å². The van der Waals surface area contributed by atoms with Gasteiger partial charge in [0.25, 0.3) is 11.8 Å². The zero-order valence-corrected chi connectivity index (χ0v) is 16.1. The van der Waals surface area contributed by atoms with Gasteiger partial charge in [-0.2, -0.15) is 0 Å². The molecule has 0 saturated carbocycles. The fourth-order valence-corrected chi connectivity index (χ4v) is 2.75. The Bertz CT molecular complexity index is 923. The Morgan fingerprint density at radius 1 is 1.07 bits per heavy atom. The number of carbonyl (C=O) groups excluding carboxylic acids is 2. The lowest BCUT2D eigenvalue weighted by Gasteiger charge is -2.13. The molecule has 1 atom stereocenters. The highest BCUT2D eigenvalue weighted by molar-refractivity contribution is 6.00. The van der Waals surface area contributed by atoms with Gasteiger partial charge in [-0.3, -0.25) is 19.7 Å². The molecular weight excluding hydrogens is 358 g/mol. The van der Waals surface area contributed by atoms with Crippen LogP contribution in [-0.4, -0.2) is 23.1 Å². The Morgan fingerprint density at radius 2 is 1.75 bits per heavy atom. The molecule has 146 valence electrons. The average Bonchev–Trinajstić information content (AvgIpc) is 3.33. The summed E-state index contributed by atoms with van der Waals surface area (Å²) < 4.78 is 12.5. The molecule has 0 aliphatic carbocycles. The summed E-state index contributed by atoms with van der Waals surface area (Å²) in [6.45, 7) is 5.54. The minimum absolute atomic E-state index is 0.127. The number of ether oxygens (including phenoxy) is 1. The highest BCUT2D eigenvalue weighted by atomic mass is 16.5. The second-order valence-electron chi connectivity index (χ2n) is 6.51. The highest BCUT2D eigenvalue weighted by Gasteiger charge is 2.13. The molecule has 1 aromatic carbocycles. The van der Waals surface area contributed by atoms with Gasteiger partial charge in [0.2, 0.25) is 0 Å². The van der Waals surface area contributed by atoms with Crippen molar-refractivity contribution in [2.45, 2.75) is 26.8 Å². The van der Waals surface area contributed by atoms with Crippen molar-refractivity contribution in [3.8, 4) is 5.75 Å². The van der Waals surface area contributed by atoms with E-state index in [0.717, 1.165) is 11.4 Å². The Morgan fingerprint density at radius 3 is 2.36 bits per heavy atom. The number of carbonyl (C=O) groups is 2. The molecular formula is C21H23N3O4. The minimum atomic E-state index is -0.260. The van der Waals surface area contributed by atoms with Crippen LogP contribution in [0.3, 0.4) is 0 Å². The summed E-state index contributed by atoms with van der Waals surface area (Å²) in [6, 6.07) is 13.8. The normalized spacial score (nSPS) is 11.7. The van der Waals surface area contributed by atoms with Crippen molar-refractivity contribution in [2.24, 2.45) is 0 Å². The number of hydrogen-bond acceptors (Lipinski definition) is 4. The second kappa shape index (κ2) is 8.47. The molecule has 0 bridgehead atoms. The van der Waals surface area contributed by atoms with Crippen molar-refractivity contribution in [1.29, 1.82) is 0 Å². The van der Waals surface area contributed by atoms with E-state index >= 15 is 0 Å². The average molecular weight is 381 g/mol. The van der Waals surface area contributed by atoms with Crippen molar-refractivity contribution >= 4 is 11.8 Å². The van der Waals surface area contributed by atoms with Crippen LogP contribution in [0.2, 0.25) is 0 Å². The first-order valence-corrected chi connectivity index (χ1v) is 8.96. The number of nitrogens with one attached hydrogen (secondary N) is 2. The summed E-state index contributed by atoms with van der Waals surface area (Å²) in [6.07, 6.45) is 1.56. The molecule has 2 heterocycles. The Hall–Kier alpha value is -3.48. The Kier molecular flexibility index (Phi) is 5.84. The summed E-state index contributed by atoms with van der Waals surface area (Å²) in [5, 5.41) is 2.79. The quantitative estimate of drug-likeness (QED) is 0.657. The summed E-state index contributed by atoms with van der Waals surface area (Å²) in [5.41, 5.74) is 5.23. The Labute approximate surface area is 163 Å². The first-order chi connectivity index (χ1) is 13.4. The van der Waals surface area contributed by atoms with Crippen LogP contribution in [0.1, 0.15) is 40.5 Å². The van der Waals surface area contributed by atoms with Crippen LogP contribution in [0.5, 0.6) is 5.75 Å². The lowest BCUT2D eigenvalue weighted by Crippen LogP contribution is -2.31. The van der Waals surface area contributed by atoms with Gasteiger partial charge in [0.1, 0.15) is 11.5 Å². The number of aromatic nitrogens is 1. The molecule has 0 spiro atoms.